The molecule has 4 nitrogen and oxygen atoms in total. The summed E-state index contributed by atoms with van der Waals surface area (Å²) in [5, 5.41) is 5.94. The molecule has 1 N–H and O–H groups in total. The Morgan fingerprint density at radius 1 is 1.45 bits per heavy atom. The molecular formula is C14H13ClN2O2S. The lowest BCUT2D eigenvalue weighted by molar-refractivity contribution is -0.125. The van der Waals surface area contributed by atoms with E-state index in [0.717, 1.165) is 18.6 Å². The van der Waals surface area contributed by atoms with Gasteiger partial charge in [-0.25, -0.2) is 4.98 Å². The van der Waals surface area contributed by atoms with Gasteiger partial charge in [0.05, 0.1) is 0 Å². The molecule has 1 heterocycles. The van der Waals surface area contributed by atoms with Crippen molar-refractivity contribution in [2.24, 2.45) is 5.92 Å². The summed E-state index contributed by atoms with van der Waals surface area (Å²) >= 11 is 7.32. The Hall–Kier alpha value is -1.59. The fraction of sp³-hybridized carbons (Fsp3) is 0.286. The highest BCUT2D eigenvalue weighted by atomic mass is 35.5. The first kappa shape index (κ1) is 13.4. The van der Waals surface area contributed by atoms with Crippen molar-refractivity contribution in [2.75, 3.05) is 5.32 Å². The van der Waals surface area contributed by atoms with E-state index in [1.54, 1.807) is 18.3 Å². The van der Waals surface area contributed by atoms with E-state index in [4.69, 9.17) is 16.3 Å². The lowest BCUT2D eigenvalue weighted by Gasteiger charge is -2.34. The minimum absolute atomic E-state index is 0.00286. The molecule has 0 aliphatic heterocycles. The number of thiazole rings is 1. The monoisotopic (exact) mass is 308 g/mol. The molecule has 2 aromatic rings. The molecule has 6 heteroatoms. The number of carbonyl (C=O) groups is 1. The standard InChI is InChI=1S/C14H13ClN2O2S/c15-10-2-1-3-11(8-10)19-12-6-9(7-12)13(18)17-14-16-4-5-20-14/h1-5,8-9,12H,6-7H2,(H,16,17,18)/t9-,12-. The van der Waals surface area contributed by atoms with Crippen molar-refractivity contribution in [1.29, 1.82) is 0 Å². The molecule has 1 aliphatic rings. The number of nitrogens with one attached hydrogen (secondary N) is 1. The number of rotatable bonds is 4. The van der Waals surface area contributed by atoms with Gasteiger partial charge in [0.15, 0.2) is 5.13 Å². The summed E-state index contributed by atoms with van der Waals surface area (Å²) in [6.07, 6.45) is 3.21. The van der Waals surface area contributed by atoms with Crippen molar-refractivity contribution >= 4 is 34.0 Å². The van der Waals surface area contributed by atoms with Gasteiger partial charge in [0, 0.05) is 22.5 Å². The van der Waals surface area contributed by atoms with Gasteiger partial charge in [-0.2, -0.15) is 0 Å². The molecule has 1 fully saturated rings. The van der Waals surface area contributed by atoms with Crippen LogP contribution in [0.2, 0.25) is 5.02 Å². The highest BCUT2D eigenvalue weighted by molar-refractivity contribution is 7.13. The van der Waals surface area contributed by atoms with Crippen LogP contribution in [0, 0.1) is 5.92 Å². The highest BCUT2D eigenvalue weighted by Gasteiger charge is 2.36. The molecule has 0 atom stereocenters. The second-order valence-electron chi connectivity index (χ2n) is 4.69. The van der Waals surface area contributed by atoms with Gasteiger partial charge < -0.3 is 10.1 Å². The Labute approximate surface area is 125 Å². The average Bonchev–Trinajstić information content (AvgIpc) is 2.86. The van der Waals surface area contributed by atoms with Crippen LogP contribution in [0.4, 0.5) is 5.13 Å². The Morgan fingerprint density at radius 2 is 2.30 bits per heavy atom. The predicted molar refractivity (Wildman–Crippen MR) is 79.3 cm³/mol. The molecule has 0 unspecified atom stereocenters. The van der Waals surface area contributed by atoms with Crippen molar-refractivity contribution < 1.29 is 9.53 Å². The van der Waals surface area contributed by atoms with E-state index in [1.165, 1.54) is 11.3 Å². The van der Waals surface area contributed by atoms with Crippen LogP contribution in [0.15, 0.2) is 35.8 Å². The van der Waals surface area contributed by atoms with Crippen LogP contribution in [0.1, 0.15) is 12.8 Å². The SMILES string of the molecule is O=C(Nc1nccs1)[C@H]1C[C@H](Oc2cccc(Cl)c2)C1. The van der Waals surface area contributed by atoms with Crippen molar-refractivity contribution in [2.45, 2.75) is 18.9 Å². The van der Waals surface area contributed by atoms with Crippen LogP contribution in [0.3, 0.4) is 0 Å². The first-order valence-corrected chi connectivity index (χ1v) is 7.59. The van der Waals surface area contributed by atoms with E-state index < -0.39 is 0 Å². The van der Waals surface area contributed by atoms with E-state index >= 15 is 0 Å². The van der Waals surface area contributed by atoms with E-state index in [2.05, 4.69) is 10.3 Å². The number of amides is 1. The first-order valence-electron chi connectivity index (χ1n) is 6.33. The molecule has 20 heavy (non-hydrogen) atoms. The molecule has 1 aromatic carbocycles. The minimum atomic E-state index is 0.00286. The zero-order valence-electron chi connectivity index (χ0n) is 10.6. The normalized spacial score (nSPS) is 21.1. The van der Waals surface area contributed by atoms with Gasteiger partial charge in [-0.05, 0) is 31.0 Å². The van der Waals surface area contributed by atoms with Gasteiger partial charge >= 0.3 is 0 Å². The topological polar surface area (TPSA) is 51.2 Å². The van der Waals surface area contributed by atoms with Crippen LogP contribution in [0.25, 0.3) is 0 Å². The third-order valence-corrected chi connectivity index (χ3v) is 4.15. The summed E-state index contributed by atoms with van der Waals surface area (Å²) in [5.74, 6) is 0.773. The van der Waals surface area contributed by atoms with Crippen LogP contribution >= 0.6 is 22.9 Å². The molecule has 1 aromatic heterocycles. The predicted octanol–water partition coefficient (Wildman–Crippen LogP) is 3.59. The summed E-state index contributed by atoms with van der Waals surface area (Å²) in [5.41, 5.74) is 0. The Bertz CT molecular complexity index is 597. The number of aromatic nitrogens is 1. The van der Waals surface area contributed by atoms with Gasteiger partial charge in [-0.1, -0.05) is 17.7 Å². The molecular weight excluding hydrogens is 296 g/mol. The zero-order valence-corrected chi connectivity index (χ0v) is 12.2. The maximum Gasteiger partial charge on any atom is 0.229 e. The number of benzene rings is 1. The number of anilines is 1. The lowest BCUT2D eigenvalue weighted by Crippen LogP contribution is -2.40. The molecule has 3 rings (SSSR count). The van der Waals surface area contributed by atoms with Crippen LogP contribution in [0.5, 0.6) is 5.75 Å². The van der Waals surface area contributed by atoms with Gasteiger partial charge in [-0.3, -0.25) is 4.79 Å². The Morgan fingerprint density at radius 3 is 3.00 bits per heavy atom. The molecule has 0 bridgehead atoms. The van der Waals surface area contributed by atoms with Crippen LogP contribution in [-0.2, 0) is 4.79 Å². The molecule has 0 saturated heterocycles. The Kier molecular flexibility index (Phi) is 3.89. The first-order chi connectivity index (χ1) is 9.70. The summed E-state index contributed by atoms with van der Waals surface area (Å²) in [6.45, 7) is 0. The molecule has 1 saturated carbocycles. The number of hydrogen-bond donors (Lipinski definition) is 1. The summed E-state index contributed by atoms with van der Waals surface area (Å²) in [7, 11) is 0. The van der Waals surface area contributed by atoms with Crippen molar-refractivity contribution in [3.63, 3.8) is 0 Å². The second-order valence-corrected chi connectivity index (χ2v) is 6.02. The fourth-order valence-corrected chi connectivity index (χ4v) is 2.81. The number of ether oxygens (including phenoxy) is 1. The minimum Gasteiger partial charge on any atom is -0.490 e. The Balaban J connectivity index is 1.48. The number of halogens is 1. The lowest BCUT2D eigenvalue weighted by atomic mass is 9.81. The van der Waals surface area contributed by atoms with E-state index in [9.17, 15) is 4.79 Å². The third kappa shape index (κ3) is 3.11. The van der Waals surface area contributed by atoms with E-state index in [-0.39, 0.29) is 17.9 Å². The van der Waals surface area contributed by atoms with Crippen molar-refractivity contribution in [1.82, 2.24) is 4.98 Å². The number of carbonyl (C=O) groups excluding carboxylic acids is 1. The summed E-state index contributed by atoms with van der Waals surface area (Å²) in [6, 6.07) is 7.31. The molecule has 1 aliphatic carbocycles. The van der Waals surface area contributed by atoms with Crippen molar-refractivity contribution in [3.05, 3.63) is 40.9 Å². The molecule has 1 amide bonds. The largest absolute Gasteiger partial charge is 0.490 e. The van der Waals surface area contributed by atoms with Crippen molar-refractivity contribution in [3.8, 4) is 5.75 Å². The number of hydrogen-bond acceptors (Lipinski definition) is 4. The van der Waals surface area contributed by atoms with Gasteiger partial charge in [-0.15, -0.1) is 11.3 Å². The second kappa shape index (κ2) is 5.81. The van der Waals surface area contributed by atoms with Gasteiger partial charge in [0.1, 0.15) is 11.9 Å². The van der Waals surface area contributed by atoms with Gasteiger partial charge in [0.25, 0.3) is 0 Å². The van der Waals surface area contributed by atoms with E-state index in [1.807, 2.05) is 17.5 Å². The molecule has 0 radical (unpaired) electrons. The average molecular weight is 309 g/mol. The summed E-state index contributed by atoms with van der Waals surface area (Å²) < 4.78 is 5.77. The molecule has 0 spiro atoms. The maximum absolute atomic E-state index is 11.9. The fourth-order valence-electron chi connectivity index (χ4n) is 2.10. The smallest absolute Gasteiger partial charge is 0.229 e. The molecule has 104 valence electrons. The van der Waals surface area contributed by atoms with Gasteiger partial charge in [0.2, 0.25) is 5.91 Å². The highest BCUT2D eigenvalue weighted by Crippen LogP contribution is 2.33. The van der Waals surface area contributed by atoms with Crippen LogP contribution in [-0.4, -0.2) is 17.0 Å². The zero-order chi connectivity index (χ0) is 13.9. The third-order valence-electron chi connectivity index (χ3n) is 3.23. The summed E-state index contributed by atoms with van der Waals surface area (Å²) in [4.78, 5) is 16.0. The maximum atomic E-state index is 11.9. The van der Waals surface area contributed by atoms with Crippen LogP contribution < -0.4 is 10.1 Å². The quantitative estimate of drug-likeness (QED) is 0.939. The van der Waals surface area contributed by atoms with E-state index in [0.29, 0.717) is 10.2 Å². The number of nitrogens with zero attached hydrogens (tertiary/aromatic N) is 1.